The van der Waals surface area contributed by atoms with Crippen molar-refractivity contribution in [3.63, 3.8) is 0 Å². The van der Waals surface area contributed by atoms with E-state index in [9.17, 15) is 18.8 Å². The summed E-state index contributed by atoms with van der Waals surface area (Å²) in [5, 5.41) is 8.19. The highest BCUT2D eigenvalue weighted by Gasteiger charge is 2.46. The molecule has 2 aromatic rings. The molecule has 0 unspecified atom stereocenters. The molecular weight excluding hydrogens is 415 g/mol. The van der Waals surface area contributed by atoms with Gasteiger partial charge in [0, 0.05) is 13.1 Å². The highest BCUT2D eigenvalue weighted by molar-refractivity contribution is 5.97. The number of piperazine rings is 1. The first-order valence-electron chi connectivity index (χ1n) is 10.5. The first kappa shape index (κ1) is 21.8. The van der Waals surface area contributed by atoms with E-state index in [-0.39, 0.29) is 43.4 Å². The molecule has 3 N–H and O–H groups in total. The normalized spacial score (nSPS) is 22.3. The second kappa shape index (κ2) is 9.78. The van der Waals surface area contributed by atoms with E-state index in [0.29, 0.717) is 18.6 Å². The number of fused-ring (bicyclic) bond motifs is 1. The molecule has 3 atom stereocenters. The number of urea groups is 1. The Morgan fingerprint density at radius 2 is 1.91 bits per heavy atom. The van der Waals surface area contributed by atoms with E-state index in [1.54, 1.807) is 12.1 Å². The Hall–Kier alpha value is -3.46. The third-order valence-electron chi connectivity index (χ3n) is 5.57. The molecule has 8 nitrogen and oxygen atoms in total. The number of hydrogen-bond acceptors (Lipinski definition) is 4. The lowest BCUT2D eigenvalue weighted by Gasteiger charge is -2.34. The molecule has 32 heavy (non-hydrogen) atoms. The highest BCUT2D eigenvalue weighted by Crippen LogP contribution is 2.23. The van der Waals surface area contributed by atoms with E-state index < -0.39 is 18.1 Å². The van der Waals surface area contributed by atoms with Crippen molar-refractivity contribution < 1.29 is 23.5 Å². The molecule has 0 saturated carbocycles. The Morgan fingerprint density at radius 3 is 2.69 bits per heavy atom. The van der Waals surface area contributed by atoms with E-state index in [1.807, 2.05) is 30.3 Å². The molecule has 0 aromatic heterocycles. The molecule has 2 aliphatic rings. The van der Waals surface area contributed by atoms with Gasteiger partial charge in [-0.15, -0.1) is 0 Å². The summed E-state index contributed by atoms with van der Waals surface area (Å²) in [4.78, 5) is 39.1. The molecule has 0 spiro atoms. The minimum Gasteiger partial charge on any atom is -0.374 e. The maximum atomic E-state index is 13.2. The monoisotopic (exact) mass is 440 g/mol. The molecule has 2 aromatic carbocycles. The average Bonchev–Trinajstić information content (AvgIpc) is 3.21. The fourth-order valence-corrected chi connectivity index (χ4v) is 4.01. The average molecular weight is 440 g/mol. The van der Waals surface area contributed by atoms with Gasteiger partial charge in [0.25, 0.3) is 0 Å². The predicted molar refractivity (Wildman–Crippen MR) is 114 cm³/mol. The van der Waals surface area contributed by atoms with Gasteiger partial charge < -0.3 is 25.6 Å². The van der Waals surface area contributed by atoms with Crippen LogP contribution in [0.2, 0.25) is 0 Å². The maximum Gasteiger partial charge on any atom is 0.315 e. The minimum atomic E-state index is -0.747. The zero-order chi connectivity index (χ0) is 22.5. The zero-order valence-corrected chi connectivity index (χ0v) is 17.4. The van der Waals surface area contributed by atoms with Crippen LogP contribution >= 0.6 is 0 Å². The van der Waals surface area contributed by atoms with Crippen LogP contribution in [0.5, 0.6) is 0 Å². The van der Waals surface area contributed by atoms with E-state index in [0.717, 1.165) is 5.56 Å². The van der Waals surface area contributed by atoms with Gasteiger partial charge >= 0.3 is 6.03 Å². The molecule has 2 aliphatic heterocycles. The number of nitrogens with zero attached hydrogens (tertiary/aromatic N) is 1. The number of halogens is 1. The summed E-state index contributed by atoms with van der Waals surface area (Å²) in [7, 11) is 0. The summed E-state index contributed by atoms with van der Waals surface area (Å²) in [6, 6.07) is 13.4. The van der Waals surface area contributed by atoms with Crippen LogP contribution in [0.4, 0.5) is 9.18 Å². The van der Waals surface area contributed by atoms with Gasteiger partial charge in [-0.2, -0.15) is 0 Å². The van der Waals surface area contributed by atoms with Gasteiger partial charge in [0.1, 0.15) is 17.9 Å². The van der Waals surface area contributed by atoms with Crippen molar-refractivity contribution in [3.05, 3.63) is 71.5 Å². The molecular formula is C23H25FN4O4. The lowest BCUT2D eigenvalue weighted by atomic mass is 10.1. The quantitative estimate of drug-likeness (QED) is 0.605. The van der Waals surface area contributed by atoms with Crippen molar-refractivity contribution in [2.24, 2.45) is 0 Å². The number of nitrogens with one attached hydrogen (secondary N) is 3. The molecule has 2 saturated heterocycles. The molecule has 0 radical (unpaired) electrons. The van der Waals surface area contributed by atoms with Gasteiger partial charge in [0.05, 0.1) is 19.3 Å². The number of rotatable bonds is 7. The Kier molecular flexibility index (Phi) is 6.65. The molecule has 0 aliphatic carbocycles. The molecule has 4 rings (SSSR count). The van der Waals surface area contributed by atoms with Crippen LogP contribution in [0.3, 0.4) is 0 Å². The molecule has 168 valence electrons. The summed E-state index contributed by atoms with van der Waals surface area (Å²) < 4.78 is 18.9. The Morgan fingerprint density at radius 1 is 1.12 bits per heavy atom. The predicted octanol–water partition coefficient (Wildman–Crippen LogP) is 1.31. The molecule has 9 heteroatoms. The third kappa shape index (κ3) is 5.23. The largest absolute Gasteiger partial charge is 0.374 e. The second-order valence-corrected chi connectivity index (χ2v) is 7.96. The van der Waals surface area contributed by atoms with Crippen molar-refractivity contribution in [1.29, 1.82) is 0 Å². The van der Waals surface area contributed by atoms with Crippen molar-refractivity contribution >= 4 is 17.8 Å². The SMILES string of the molecule is O=C(NCc1cccc(F)c1)N[C@H]1C[C@H]2C(=O)N[C@@H](COCc3ccccc3)C(=O)N2C1. The lowest BCUT2D eigenvalue weighted by Crippen LogP contribution is -2.62. The third-order valence-corrected chi connectivity index (χ3v) is 5.57. The van der Waals surface area contributed by atoms with Crippen LogP contribution in [0, 0.1) is 5.82 Å². The Balaban J connectivity index is 1.26. The van der Waals surface area contributed by atoms with Crippen molar-refractivity contribution in [2.45, 2.75) is 37.7 Å². The Labute approximate surface area is 185 Å². The molecule has 0 bridgehead atoms. The van der Waals surface area contributed by atoms with Gasteiger partial charge in [-0.3, -0.25) is 9.59 Å². The van der Waals surface area contributed by atoms with Gasteiger partial charge in [-0.05, 0) is 29.7 Å². The first-order valence-corrected chi connectivity index (χ1v) is 10.5. The molecule has 2 heterocycles. The van der Waals surface area contributed by atoms with Crippen LogP contribution in [0.25, 0.3) is 0 Å². The van der Waals surface area contributed by atoms with Crippen LogP contribution in [-0.2, 0) is 27.5 Å². The van der Waals surface area contributed by atoms with E-state index in [1.165, 1.54) is 17.0 Å². The van der Waals surface area contributed by atoms with E-state index in [4.69, 9.17) is 4.74 Å². The van der Waals surface area contributed by atoms with Gasteiger partial charge in [-0.25, -0.2) is 9.18 Å². The summed E-state index contributed by atoms with van der Waals surface area (Å²) in [6.45, 7) is 0.845. The van der Waals surface area contributed by atoms with Gasteiger partial charge in [0.15, 0.2) is 0 Å². The highest BCUT2D eigenvalue weighted by atomic mass is 19.1. The Bertz CT molecular complexity index is 987. The van der Waals surface area contributed by atoms with Crippen molar-refractivity contribution in [2.75, 3.05) is 13.2 Å². The number of carbonyl (C=O) groups excluding carboxylic acids is 3. The fraction of sp³-hybridized carbons (Fsp3) is 0.348. The number of benzene rings is 2. The van der Waals surface area contributed by atoms with Crippen molar-refractivity contribution in [3.8, 4) is 0 Å². The lowest BCUT2D eigenvalue weighted by molar-refractivity contribution is -0.148. The zero-order valence-electron chi connectivity index (χ0n) is 17.4. The number of amides is 4. The molecule has 4 amide bonds. The summed E-state index contributed by atoms with van der Waals surface area (Å²) >= 11 is 0. The maximum absolute atomic E-state index is 13.2. The van der Waals surface area contributed by atoms with Gasteiger partial charge in [0.2, 0.25) is 11.8 Å². The number of ether oxygens (including phenoxy) is 1. The first-order chi connectivity index (χ1) is 15.5. The topological polar surface area (TPSA) is 99.8 Å². The van der Waals surface area contributed by atoms with Gasteiger partial charge in [-0.1, -0.05) is 42.5 Å². The summed E-state index contributed by atoms with van der Waals surface area (Å²) in [6.07, 6.45) is 0.336. The van der Waals surface area contributed by atoms with Crippen molar-refractivity contribution in [1.82, 2.24) is 20.9 Å². The van der Waals surface area contributed by atoms with Crippen LogP contribution < -0.4 is 16.0 Å². The van der Waals surface area contributed by atoms with Crippen LogP contribution in [0.15, 0.2) is 54.6 Å². The van der Waals surface area contributed by atoms with Crippen LogP contribution in [-0.4, -0.2) is 54.0 Å². The smallest absolute Gasteiger partial charge is 0.315 e. The van der Waals surface area contributed by atoms with E-state index >= 15 is 0 Å². The second-order valence-electron chi connectivity index (χ2n) is 7.96. The number of carbonyl (C=O) groups is 3. The summed E-state index contributed by atoms with van der Waals surface area (Å²) in [5.74, 6) is -0.835. The standard InChI is InChI=1S/C23H25FN4O4/c24-17-8-4-7-16(9-17)11-25-23(31)26-18-10-20-21(29)27-19(22(30)28(20)12-18)14-32-13-15-5-2-1-3-6-15/h1-9,18-20H,10-14H2,(H,27,29)(H2,25,26,31)/t18-,19-,20-/m0/s1. The molecule has 2 fully saturated rings. The van der Waals surface area contributed by atoms with Crippen LogP contribution in [0.1, 0.15) is 17.5 Å². The minimum absolute atomic E-state index is 0.0783. The fourth-order valence-electron chi connectivity index (χ4n) is 4.01. The summed E-state index contributed by atoms with van der Waals surface area (Å²) in [5.41, 5.74) is 1.62. The number of hydrogen-bond donors (Lipinski definition) is 3. The van der Waals surface area contributed by atoms with E-state index in [2.05, 4.69) is 16.0 Å².